The molecule has 2 aromatic rings. The van der Waals surface area contributed by atoms with Gasteiger partial charge in [0.2, 0.25) is 5.91 Å². The Morgan fingerprint density at radius 1 is 1.16 bits per heavy atom. The van der Waals surface area contributed by atoms with Crippen LogP contribution in [0.1, 0.15) is 43.1 Å². The summed E-state index contributed by atoms with van der Waals surface area (Å²) in [5.74, 6) is 0.819. The number of rotatable bonds is 3. The van der Waals surface area contributed by atoms with Gasteiger partial charge in [-0.25, -0.2) is 9.48 Å². The summed E-state index contributed by atoms with van der Waals surface area (Å²) >= 11 is 4.28. The molecule has 2 aliphatic rings. The molecule has 0 aliphatic carbocycles. The minimum atomic E-state index is -0.386. The van der Waals surface area contributed by atoms with Gasteiger partial charge in [-0.15, -0.1) is 12.6 Å². The number of fused-ring (bicyclic) bond motifs is 1. The van der Waals surface area contributed by atoms with Gasteiger partial charge in [-0.05, 0) is 43.4 Å². The zero-order chi connectivity index (χ0) is 17.4. The molecular weight excluding hydrogens is 336 g/mol. The number of aryl methyl sites for hydroxylation is 1. The van der Waals surface area contributed by atoms with E-state index in [-0.39, 0.29) is 17.6 Å². The SMILES string of the molecule is O=C(C1CCCc2nn(Cc3ccc(S)cc3)c(=O)n21)N1CCCC1. The molecule has 1 aromatic carbocycles. The molecule has 0 spiro atoms. The Bertz CT molecular complexity index is 834. The average Bonchev–Trinajstić information content (AvgIpc) is 3.25. The molecule has 1 fully saturated rings. The standard InChI is InChI=1S/C18H22N4O2S/c23-17(20-10-1-2-11-20)15-4-3-5-16-19-21(18(24)22(15)16)12-13-6-8-14(25)9-7-13/h6-9,15,25H,1-5,10-12H2. The fourth-order valence-electron chi connectivity index (χ4n) is 3.79. The van der Waals surface area contributed by atoms with Crippen molar-refractivity contribution in [2.45, 2.75) is 49.6 Å². The lowest BCUT2D eigenvalue weighted by atomic mass is 10.0. The van der Waals surface area contributed by atoms with E-state index in [0.717, 1.165) is 61.5 Å². The second-order valence-electron chi connectivity index (χ2n) is 6.83. The van der Waals surface area contributed by atoms with E-state index >= 15 is 0 Å². The fraction of sp³-hybridized carbons (Fsp3) is 0.500. The maximum absolute atomic E-state index is 12.9. The third kappa shape index (κ3) is 3.13. The second-order valence-corrected chi connectivity index (χ2v) is 7.35. The number of hydrogen-bond donors (Lipinski definition) is 1. The first kappa shape index (κ1) is 16.4. The molecule has 132 valence electrons. The van der Waals surface area contributed by atoms with Gasteiger partial charge >= 0.3 is 5.69 Å². The molecule has 6 nitrogen and oxygen atoms in total. The van der Waals surface area contributed by atoms with Crippen LogP contribution in [0.25, 0.3) is 0 Å². The first-order chi connectivity index (χ1) is 12.1. The number of hydrogen-bond acceptors (Lipinski definition) is 4. The lowest BCUT2D eigenvalue weighted by molar-refractivity contribution is -0.134. The third-order valence-corrected chi connectivity index (χ3v) is 5.40. The van der Waals surface area contributed by atoms with Crippen LogP contribution in [-0.4, -0.2) is 38.2 Å². The molecular formula is C18H22N4O2S. The van der Waals surface area contributed by atoms with Crippen LogP contribution in [0.5, 0.6) is 0 Å². The van der Waals surface area contributed by atoms with Gasteiger partial charge in [0.1, 0.15) is 11.9 Å². The van der Waals surface area contributed by atoms with Crippen molar-refractivity contribution >= 4 is 18.5 Å². The molecule has 0 N–H and O–H groups in total. The van der Waals surface area contributed by atoms with Gasteiger partial charge < -0.3 is 4.90 Å². The van der Waals surface area contributed by atoms with Crippen molar-refractivity contribution in [1.82, 2.24) is 19.2 Å². The Morgan fingerprint density at radius 3 is 2.60 bits per heavy atom. The largest absolute Gasteiger partial charge is 0.346 e. The van der Waals surface area contributed by atoms with Crippen LogP contribution in [0.3, 0.4) is 0 Å². The Kier molecular flexibility index (Phi) is 4.41. The normalized spacial score (nSPS) is 19.9. The number of thiol groups is 1. The minimum absolute atomic E-state index is 0.0829. The van der Waals surface area contributed by atoms with E-state index < -0.39 is 0 Å². The van der Waals surface area contributed by atoms with E-state index in [0.29, 0.717) is 6.54 Å². The van der Waals surface area contributed by atoms with Crippen LogP contribution >= 0.6 is 12.6 Å². The van der Waals surface area contributed by atoms with E-state index in [4.69, 9.17) is 0 Å². The number of carbonyl (C=O) groups is 1. The summed E-state index contributed by atoms with van der Waals surface area (Å²) in [4.78, 5) is 28.5. The van der Waals surface area contributed by atoms with Crippen LogP contribution in [0.4, 0.5) is 0 Å². The van der Waals surface area contributed by atoms with Crippen molar-refractivity contribution in [3.8, 4) is 0 Å². The predicted octanol–water partition coefficient (Wildman–Crippen LogP) is 1.88. The molecule has 1 saturated heterocycles. The topological polar surface area (TPSA) is 60.1 Å². The highest BCUT2D eigenvalue weighted by atomic mass is 32.1. The van der Waals surface area contributed by atoms with Crippen molar-refractivity contribution in [1.29, 1.82) is 0 Å². The lowest BCUT2D eigenvalue weighted by Crippen LogP contribution is -2.41. The van der Waals surface area contributed by atoms with Gasteiger partial charge in [-0.3, -0.25) is 9.36 Å². The van der Waals surface area contributed by atoms with Crippen molar-refractivity contribution < 1.29 is 4.79 Å². The Balaban J connectivity index is 1.63. The second kappa shape index (κ2) is 6.71. The third-order valence-electron chi connectivity index (χ3n) is 5.10. The van der Waals surface area contributed by atoms with E-state index in [1.807, 2.05) is 29.2 Å². The Hall–Kier alpha value is -2.02. The van der Waals surface area contributed by atoms with Crippen molar-refractivity contribution in [2.75, 3.05) is 13.1 Å². The monoisotopic (exact) mass is 358 g/mol. The van der Waals surface area contributed by atoms with Crippen molar-refractivity contribution in [2.24, 2.45) is 0 Å². The summed E-state index contributed by atoms with van der Waals surface area (Å²) in [5, 5.41) is 4.50. The summed E-state index contributed by atoms with van der Waals surface area (Å²) in [7, 11) is 0. The number of benzene rings is 1. The highest BCUT2D eigenvalue weighted by molar-refractivity contribution is 7.80. The first-order valence-electron chi connectivity index (χ1n) is 8.88. The smallest absolute Gasteiger partial charge is 0.341 e. The molecule has 0 saturated carbocycles. The van der Waals surface area contributed by atoms with E-state index in [9.17, 15) is 9.59 Å². The average molecular weight is 358 g/mol. The maximum atomic E-state index is 12.9. The fourth-order valence-corrected chi connectivity index (χ4v) is 3.94. The molecule has 1 amide bonds. The van der Waals surface area contributed by atoms with Crippen LogP contribution in [0, 0.1) is 0 Å². The highest BCUT2D eigenvalue weighted by Gasteiger charge is 2.34. The molecule has 1 atom stereocenters. The van der Waals surface area contributed by atoms with Crippen molar-refractivity contribution in [3.05, 3.63) is 46.1 Å². The first-order valence-corrected chi connectivity index (χ1v) is 9.33. The predicted molar refractivity (Wildman–Crippen MR) is 97.1 cm³/mol. The Morgan fingerprint density at radius 2 is 1.88 bits per heavy atom. The van der Waals surface area contributed by atoms with Crippen LogP contribution in [0.2, 0.25) is 0 Å². The molecule has 7 heteroatoms. The van der Waals surface area contributed by atoms with Crippen LogP contribution < -0.4 is 5.69 Å². The quantitative estimate of drug-likeness (QED) is 0.853. The van der Waals surface area contributed by atoms with Gasteiger partial charge in [-0.2, -0.15) is 5.10 Å². The summed E-state index contributed by atoms with van der Waals surface area (Å²) < 4.78 is 3.12. The zero-order valence-corrected chi connectivity index (χ0v) is 15.0. The lowest BCUT2D eigenvalue weighted by Gasteiger charge is -2.27. The number of amides is 1. The molecule has 2 aliphatic heterocycles. The zero-order valence-electron chi connectivity index (χ0n) is 14.1. The molecule has 25 heavy (non-hydrogen) atoms. The molecule has 1 aromatic heterocycles. The summed E-state index contributed by atoms with van der Waals surface area (Å²) in [6.45, 7) is 2.03. The number of aromatic nitrogens is 3. The number of carbonyl (C=O) groups excluding carboxylic acids is 1. The molecule has 0 bridgehead atoms. The van der Waals surface area contributed by atoms with E-state index in [2.05, 4.69) is 17.7 Å². The molecule has 4 rings (SSSR count). The maximum Gasteiger partial charge on any atom is 0.346 e. The van der Waals surface area contributed by atoms with Crippen LogP contribution in [-0.2, 0) is 17.8 Å². The van der Waals surface area contributed by atoms with Crippen molar-refractivity contribution in [3.63, 3.8) is 0 Å². The van der Waals surface area contributed by atoms with Gasteiger partial charge in [0, 0.05) is 24.4 Å². The van der Waals surface area contributed by atoms with Gasteiger partial charge in [0.25, 0.3) is 0 Å². The number of likely N-dealkylation sites (tertiary alicyclic amines) is 1. The Labute approximate surface area is 151 Å². The van der Waals surface area contributed by atoms with Gasteiger partial charge in [0.05, 0.1) is 6.54 Å². The summed E-state index contributed by atoms with van der Waals surface area (Å²) in [6.07, 6.45) is 4.49. The molecule has 1 unspecified atom stereocenters. The number of nitrogens with zero attached hydrogens (tertiary/aromatic N) is 4. The van der Waals surface area contributed by atoms with Crippen LogP contribution in [0.15, 0.2) is 34.0 Å². The van der Waals surface area contributed by atoms with E-state index in [1.54, 1.807) is 4.57 Å². The summed E-state index contributed by atoms with van der Waals surface area (Å²) in [6, 6.07) is 7.31. The summed E-state index contributed by atoms with van der Waals surface area (Å²) in [5.41, 5.74) is 0.819. The minimum Gasteiger partial charge on any atom is -0.341 e. The molecule has 0 radical (unpaired) electrons. The van der Waals surface area contributed by atoms with E-state index in [1.165, 1.54) is 4.68 Å². The van der Waals surface area contributed by atoms with Gasteiger partial charge in [-0.1, -0.05) is 12.1 Å². The highest BCUT2D eigenvalue weighted by Crippen LogP contribution is 2.25. The van der Waals surface area contributed by atoms with Gasteiger partial charge in [0.15, 0.2) is 0 Å². The molecule has 3 heterocycles.